The molecule has 5 aromatic rings. The predicted octanol–water partition coefficient (Wildman–Crippen LogP) is 16.7. The molecule has 0 aromatic heterocycles. The van der Waals surface area contributed by atoms with Gasteiger partial charge in [0.05, 0.1) is 0 Å². The van der Waals surface area contributed by atoms with Gasteiger partial charge in [-0.3, -0.25) is 4.99 Å². The van der Waals surface area contributed by atoms with Crippen molar-refractivity contribution < 1.29 is 0 Å². The first-order chi connectivity index (χ1) is 27.7. The van der Waals surface area contributed by atoms with E-state index in [-0.39, 0.29) is 11.5 Å². The molecule has 0 bridgehead atoms. The Morgan fingerprint density at radius 1 is 0.690 bits per heavy atom. The molecular weight excluding hydrogens is 699 g/mol. The van der Waals surface area contributed by atoms with E-state index in [9.17, 15) is 0 Å². The Hall–Kier alpha value is -5.45. The van der Waals surface area contributed by atoms with Gasteiger partial charge in [0.15, 0.2) is 0 Å². The van der Waals surface area contributed by atoms with Crippen molar-refractivity contribution in [2.24, 2.45) is 4.99 Å². The molecule has 302 valence electrons. The molecule has 0 radical (unpaired) electrons. The van der Waals surface area contributed by atoms with E-state index in [1.165, 1.54) is 72.4 Å². The minimum Gasteiger partial charge on any atom is -0.274 e. The molecule has 1 atom stereocenters. The number of hydrogen-bond donors (Lipinski definition) is 0. The Kier molecular flexibility index (Phi) is 18.2. The summed E-state index contributed by atoms with van der Waals surface area (Å²) in [6.45, 7) is 34.3. The summed E-state index contributed by atoms with van der Waals surface area (Å²) in [5.41, 5.74) is 19.8. The SMILES string of the molecule is C=C(C)c1cccc(-c2ccccc2)c1.CC.CC1=C(/C(C)=C(\C)c2ccccc2C(C)C)c2ccccc2C1(C)C.CCC#CC(N=C(C)C)c1cccc(C)c1. The van der Waals surface area contributed by atoms with Crippen molar-refractivity contribution in [2.45, 2.75) is 121 Å². The lowest BCUT2D eigenvalue weighted by Gasteiger charge is -2.22. The van der Waals surface area contributed by atoms with Gasteiger partial charge in [0.2, 0.25) is 0 Å². The Morgan fingerprint density at radius 3 is 1.91 bits per heavy atom. The van der Waals surface area contributed by atoms with Gasteiger partial charge in [-0.2, -0.15) is 0 Å². The van der Waals surface area contributed by atoms with E-state index in [1.807, 2.05) is 40.7 Å². The predicted molar refractivity (Wildman–Crippen MR) is 260 cm³/mol. The molecule has 0 heterocycles. The number of nitrogens with zero attached hydrogens (tertiary/aromatic N) is 1. The molecule has 0 saturated heterocycles. The summed E-state index contributed by atoms with van der Waals surface area (Å²) in [4.78, 5) is 4.57. The van der Waals surface area contributed by atoms with Crippen LogP contribution < -0.4 is 0 Å². The molecule has 0 saturated carbocycles. The normalized spacial score (nSPS) is 13.1. The maximum Gasteiger partial charge on any atom is 0.135 e. The standard InChI is InChI=1S/C25H30.C15H19N.C15H14.C2H6/c1-16(2)20-12-8-9-13-21(20)17(3)18(4)24-19(5)25(6,7)23-15-11-10-14-22(23)24;1-5-6-10-15(16-12(2)3)14-9-7-8-13(4)11-14;1-12(2)14-9-6-10-15(11-14)13-7-4-3-5-8-13;1-2/h8-16H,1-7H3;7-9,11,15H,5H2,1-4H3;3-11H,1H2,2H3;1-2H3/b18-17+;;;. The number of hydrogen-bond acceptors (Lipinski definition) is 1. The van der Waals surface area contributed by atoms with Crippen LogP contribution in [0.2, 0.25) is 0 Å². The van der Waals surface area contributed by atoms with Crippen LogP contribution >= 0.6 is 0 Å². The van der Waals surface area contributed by atoms with Crippen molar-refractivity contribution in [3.8, 4) is 23.0 Å². The topological polar surface area (TPSA) is 12.4 Å². The molecule has 0 spiro atoms. The van der Waals surface area contributed by atoms with E-state index in [1.54, 1.807) is 0 Å². The fourth-order valence-electron chi connectivity index (χ4n) is 7.26. The van der Waals surface area contributed by atoms with E-state index in [2.05, 4.69) is 207 Å². The van der Waals surface area contributed by atoms with Gasteiger partial charge in [0, 0.05) is 17.5 Å². The smallest absolute Gasteiger partial charge is 0.135 e. The molecule has 1 aliphatic rings. The fraction of sp³-hybridized carbons (Fsp3) is 0.316. The van der Waals surface area contributed by atoms with Crippen molar-refractivity contribution in [2.75, 3.05) is 0 Å². The molecule has 0 fully saturated rings. The van der Waals surface area contributed by atoms with Crippen LogP contribution in [0.4, 0.5) is 0 Å². The Balaban J connectivity index is 0.000000238. The molecule has 58 heavy (non-hydrogen) atoms. The summed E-state index contributed by atoms with van der Waals surface area (Å²) in [5.74, 6) is 6.85. The van der Waals surface area contributed by atoms with Gasteiger partial charge in [-0.05, 0) is 122 Å². The minimum atomic E-state index is -0.00940. The molecule has 1 unspecified atom stereocenters. The molecule has 5 aromatic carbocycles. The van der Waals surface area contributed by atoms with Crippen LogP contribution in [0.15, 0.2) is 150 Å². The van der Waals surface area contributed by atoms with Gasteiger partial charge >= 0.3 is 0 Å². The summed E-state index contributed by atoms with van der Waals surface area (Å²) in [6.07, 6.45) is 0.876. The van der Waals surface area contributed by atoms with E-state index in [4.69, 9.17) is 0 Å². The van der Waals surface area contributed by atoms with Crippen LogP contribution in [0.3, 0.4) is 0 Å². The lowest BCUT2D eigenvalue weighted by atomic mass is 9.82. The molecule has 0 N–H and O–H groups in total. The third kappa shape index (κ3) is 12.3. The molecule has 1 heteroatoms. The van der Waals surface area contributed by atoms with Crippen molar-refractivity contribution in [1.82, 2.24) is 0 Å². The summed E-state index contributed by atoms with van der Waals surface area (Å²) >= 11 is 0. The van der Waals surface area contributed by atoms with Crippen LogP contribution in [-0.4, -0.2) is 5.71 Å². The average molecular weight is 768 g/mol. The molecule has 6 rings (SSSR count). The first-order valence-electron chi connectivity index (χ1n) is 21.1. The Labute approximate surface area is 353 Å². The zero-order valence-electron chi connectivity index (χ0n) is 38.1. The number of rotatable bonds is 7. The van der Waals surface area contributed by atoms with Crippen LogP contribution in [0.5, 0.6) is 0 Å². The molecule has 1 aliphatic carbocycles. The van der Waals surface area contributed by atoms with Gasteiger partial charge in [-0.1, -0.05) is 199 Å². The third-order valence-corrected chi connectivity index (χ3v) is 10.7. The second-order valence-corrected chi connectivity index (χ2v) is 16.0. The van der Waals surface area contributed by atoms with E-state index < -0.39 is 0 Å². The van der Waals surface area contributed by atoms with Crippen molar-refractivity contribution in [3.05, 3.63) is 184 Å². The van der Waals surface area contributed by atoms with Crippen molar-refractivity contribution in [1.29, 1.82) is 0 Å². The first-order valence-corrected chi connectivity index (χ1v) is 21.1. The van der Waals surface area contributed by atoms with Crippen LogP contribution in [0.25, 0.3) is 27.8 Å². The van der Waals surface area contributed by atoms with E-state index in [0.29, 0.717) is 5.92 Å². The highest BCUT2D eigenvalue weighted by molar-refractivity contribution is 5.95. The van der Waals surface area contributed by atoms with Gasteiger partial charge < -0.3 is 0 Å². The van der Waals surface area contributed by atoms with Crippen molar-refractivity contribution in [3.63, 3.8) is 0 Å². The zero-order valence-corrected chi connectivity index (χ0v) is 38.1. The van der Waals surface area contributed by atoms with Crippen LogP contribution in [0.1, 0.15) is 147 Å². The highest BCUT2D eigenvalue weighted by Crippen LogP contribution is 2.49. The Bertz CT molecular complexity index is 2270. The monoisotopic (exact) mass is 768 g/mol. The Morgan fingerprint density at radius 2 is 1.29 bits per heavy atom. The lowest BCUT2D eigenvalue weighted by molar-refractivity contribution is 0.639. The van der Waals surface area contributed by atoms with Gasteiger partial charge in [0.25, 0.3) is 0 Å². The number of allylic oxidation sites excluding steroid dienone is 5. The quantitative estimate of drug-likeness (QED) is 0.116. The molecule has 1 nitrogen and oxygen atoms in total. The largest absolute Gasteiger partial charge is 0.274 e. The molecule has 0 aliphatic heterocycles. The lowest BCUT2D eigenvalue weighted by Crippen LogP contribution is -2.15. The summed E-state index contributed by atoms with van der Waals surface area (Å²) in [7, 11) is 0. The minimum absolute atomic E-state index is 0.00940. The average Bonchev–Trinajstić information content (AvgIpc) is 3.44. The van der Waals surface area contributed by atoms with Gasteiger partial charge in [0.1, 0.15) is 6.04 Å². The first kappa shape index (κ1) is 46.9. The highest BCUT2D eigenvalue weighted by Gasteiger charge is 2.35. The number of fused-ring (bicyclic) bond motifs is 1. The zero-order chi connectivity index (χ0) is 43.0. The van der Waals surface area contributed by atoms with Crippen LogP contribution in [-0.2, 0) is 5.41 Å². The van der Waals surface area contributed by atoms with Gasteiger partial charge in [-0.15, -0.1) is 5.92 Å². The second-order valence-electron chi connectivity index (χ2n) is 16.0. The van der Waals surface area contributed by atoms with Crippen LogP contribution in [0, 0.1) is 18.8 Å². The third-order valence-electron chi connectivity index (χ3n) is 10.7. The number of aliphatic imine (C=N–C) groups is 1. The number of aryl methyl sites for hydroxylation is 1. The number of benzene rings is 5. The summed E-state index contributed by atoms with van der Waals surface area (Å²) in [6, 6.07) is 45.0. The summed E-state index contributed by atoms with van der Waals surface area (Å²) in [5, 5.41) is 0. The van der Waals surface area contributed by atoms with Gasteiger partial charge in [-0.25, -0.2) is 0 Å². The molecule has 0 amide bonds. The maximum absolute atomic E-state index is 4.57. The maximum atomic E-state index is 4.57. The summed E-state index contributed by atoms with van der Waals surface area (Å²) < 4.78 is 0. The van der Waals surface area contributed by atoms with E-state index >= 15 is 0 Å². The fourth-order valence-corrected chi connectivity index (χ4v) is 7.26. The molecular formula is C57H69N. The second kappa shape index (κ2) is 22.5. The highest BCUT2D eigenvalue weighted by atomic mass is 14.8. The van der Waals surface area contributed by atoms with E-state index in [0.717, 1.165) is 17.7 Å². The van der Waals surface area contributed by atoms with Crippen molar-refractivity contribution >= 4 is 22.4 Å².